The van der Waals surface area contributed by atoms with Crippen LogP contribution in [0.4, 0.5) is 4.39 Å². The van der Waals surface area contributed by atoms with E-state index in [2.05, 4.69) is 20.9 Å². The SMILES string of the molecule is C/C=C1\NC(=O)c2nc(ccc2F)CNC(=O)C[C@@H](/C=C/CCSC(C)=O)OC(=O)C(/C=C/C)NC1=O. The lowest BCUT2D eigenvalue weighted by Crippen LogP contribution is -2.45. The molecule has 37 heavy (non-hydrogen) atoms. The molecular formula is C25H29FN4O6S. The lowest BCUT2D eigenvalue weighted by atomic mass is 10.2. The monoisotopic (exact) mass is 532 g/mol. The molecule has 0 aliphatic carbocycles. The third-order valence-corrected chi connectivity index (χ3v) is 5.73. The summed E-state index contributed by atoms with van der Waals surface area (Å²) < 4.78 is 19.8. The summed E-state index contributed by atoms with van der Waals surface area (Å²) in [6.07, 6.45) is 6.74. The minimum absolute atomic E-state index is 0.0249. The highest BCUT2D eigenvalue weighted by molar-refractivity contribution is 8.13. The Balaban J connectivity index is 2.37. The zero-order valence-electron chi connectivity index (χ0n) is 20.7. The van der Waals surface area contributed by atoms with Gasteiger partial charge in [-0.25, -0.2) is 14.2 Å². The Kier molecular flexibility index (Phi) is 11.7. The van der Waals surface area contributed by atoms with Crippen molar-refractivity contribution in [3.63, 3.8) is 0 Å². The van der Waals surface area contributed by atoms with E-state index in [0.717, 1.165) is 17.8 Å². The summed E-state index contributed by atoms with van der Waals surface area (Å²) in [7, 11) is 0. The Labute approximate surface area is 218 Å². The zero-order valence-corrected chi connectivity index (χ0v) is 21.5. The van der Waals surface area contributed by atoms with Gasteiger partial charge in [0.15, 0.2) is 16.6 Å². The van der Waals surface area contributed by atoms with Crippen molar-refractivity contribution in [1.82, 2.24) is 20.9 Å². The van der Waals surface area contributed by atoms with Crippen LogP contribution in [0.3, 0.4) is 0 Å². The molecule has 3 N–H and O–H groups in total. The number of nitrogens with zero attached hydrogens (tertiary/aromatic N) is 1. The van der Waals surface area contributed by atoms with Crippen LogP contribution in [0.15, 0.2) is 48.2 Å². The molecule has 1 unspecified atom stereocenters. The van der Waals surface area contributed by atoms with Gasteiger partial charge in [0, 0.05) is 12.7 Å². The van der Waals surface area contributed by atoms with E-state index >= 15 is 0 Å². The molecule has 1 aliphatic heterocycles. The number of halogens is 1. The highest BCUT2D eigenvalue weighted by Gasteiger charge is 2.26. The normalized spacial score (nSPS) is 21.0. The second kappa shape index (κ2) is 14.7. The first-order valence-corrected chi connectivity index (χ1v) is 12.5. The Morgan fingerprint density at radius 3 is 2.62 bits per heavy atom. The van der Waals surface area contributed by atoms with Crippen molar-refractivity contribution in [2.75, 3.05) is 5.75 Å². The number of esters is 1. The van der Waals surface area contributed by atoms with Crippen LogP contribution in [0.25, 0.3) is 0 Å². The Morgan fingerprint density at radius 1 is 1.19 bits per heavy atom. The van der Waals surface area contributed by atoms with Gasteiger partial charge in [-0.15, -0.1) is 0 Å². The average molecular weight is 533 g/mol. The second-order valence-electron chi connectivity index (χ2n) is 7.78. The van der Waals surface area contributed by atoms with E-state index < -0.39 is 47.3 Å². The van der Waals surface area contributed by atoms with Crippen molar-refractivity contribution >= 4 is 40.6 Å². The molecule has 1 aromatic rings. The standard InChI is InChI=1S/C25H29FN4O6S/c1-4-8-20-25(35)36-17(9-6-7-12-37-15(3)31)13-21(32)27-14-16-10-11-18(26)22(28-16)24(34)29-19(5-2)23(33)30-20/h4-6,8-11,17,20H,7,12-14H2,1-3H3,(H,27,32)(H,29,34)(H,30,33)/b8-4+,9-6+,19-5-/t17-,20?/m1/s1. The Bertz CT molecular complexity index is 1130. The predicted octanol–water partition coefficient (Wildman–Crippen LogP) is 2.07. The number of cyclic esters (lactones) is 1. The lowest BCUT2D eigenvalue weighted by Gasteiger charge is -2.20. The number of hydrogen-bond donors (Lipinski definition) is 3. The molecule has 198 valence electrons. The van der Waals surface area contributed by atoms with Crippen LogP contribution < -0.4 is 16.0 Å². The maximum Gasteiger partial charge on any atom is 0.333 e. The number of rotatable bonds is 5. The highest BCUT2D eigenvalue weighted by Crippen LogP contribution is 2.11. The number of thioether (sulfide) groups is 1. The number of pyridine rings is 1. The molecule has 2 rings (SSSR count). The highest BCUT2D eigenvalue weighted by atomic mass is 32.2. The first-order chi connectivity index (χ1) is 17.6. The van der Waals surface area contributed by atoms with Crippen molar-refractivity contribution in [2.24, 2.45) is 0 Å². The molecule has 0 saturated heterocycles. The molecule has 12 heteroatoms. The number of carbonyl (C=O) groups excluding carboxylic acids is 5. The van der Waals surface area contributed by atoms with Crippen LogP contribution >= 0.6 is 11.8 Å². The second-order valence-corrected chi connectivity index (χ2v) is 9.05. The molecule has 0 fully saturated rings. The summed E-state index contributed by atoms with van der Waals surface area (Å²) in [5, 5.41) is 7.33. The van der Waals surface area contributed by atoms with E-state index in [0.29, 0.717) is 12.2 Å². The fourth-order valence-electron chi connectivity index (χ4n) is 3.11. The molecule has 0 saturated carbocycles. The van der Waals surface area contributed by atoms with Crippen LogP contribution in [0.1, 0.15) is 49.8 Å². The van der Waals surface area contributed by atoms with Crippen molar-refractivity contribution in [3.05, 3.63) is 65.4 Å². The van der Waals surface area contributed by atoms with E-state index in [4.69, 9.17) is 4.74 Å². The molecule has 3 amide bonds. The molecule has 1 aliphatic rings. The van der Waals surface area contributed by atoms with E-state index in [1.165, 1.54) is 38.1 Å². The average Bonchev–Trinajstić information content (AvgIpc) is 2.85. The van der Waals surface area contributed by atoms with E-state index in [1.807, 2.05) is 0 Å². The summed E-state index contributed by atoms with van der Waals surface area (Å²) in [6, 6.07) is 1.11. The third-order valence-electron chi connectivity index (χ3n) is 4.89. The van der Waals surface area contributed by atoms with Gasteiger partial charge in [0.1, 0.15) is 17.8 Å². The van der Waals surface area contributed by atoms with E-state index in [-0.39, 0.29) is 29.5 Å². The quantitative estimate of drug-likeness (QED) is 0.226. The van der Waals surface area contributed by atoms with Crippen LogP contribution in [-0.2, 0) is 30.5 Å². The topological polar surface area (TPSA) is 144 Å². The Hall–Kier alpha value is -3.80. The molecule has 0 radical (unpaired) electrons. The van der Waals surface area contributed by atoms with Gasteiger partial charge in [0.05, 0.1) is 18.7 Å². The van der Waals surface area contributed by atoms with Gasteiger partial charge in [-0.05, 0) is 38.5 Å². The number of ether oxygens (including phenoxy) is 1. The summed E-state index contributed by atoms with van der Waals surface area (Å²) >= 11 is 1.14. The minimum atomic E-state index is -1.23. The number of allylic oxidation sites excluding steroid dienone is 3. The van der Waals surface area contributed by atoms with Crippen molar-refractivity contribution in [1.29, 1.82) is 0 Å². The number of amides is 3. The Morgan fingerprint density at radius 2 is 1.95 bits per heavy atom. The van der Waals surface area contributed by atoms with Crippen molar-refractivity contribution < 1.29 is 33.1 Å². The molecule has 0 spiro atoms. The molecule has 1 aromatic heterocycles. The first-order valence-electron chi connectivity index (χ1n) is 11.5. The molecule has 2 heterocycles. The maximum atomic E-state index is 14.3. The molecule has 2 bridgehead atoms. The lowest BCUT2D eigenvalue weighted by molar-refractivity contribution is -0.150. The number of carbonyl (C=O) groups is 5. The van der Waals surface area contributed by atoms with Crippen LogP contribution in [0.2, 0.25) is 0 Å². The molecule has 0 aromatic carbocycles. The molecule has 10 nitrogen and oxygen atoms in total. The van der Waals surface area contributed by atoms with Crippen LogP contribution in [0.5, 0.6) is 0 Å². The van der Waals surface area contributed by atoms with Crippen molar-refractivity contribution in [3.8, 4) is 0 Å². The summed E-state index contributed by atoms with van der Waals surface area (Å²) in [6.45, 7) is 4.46. The smallest absolute Gasteiger partial charge is 0.333 e. The van der Waals surface area contributed by atoms with Gasteiger partial charge in [0.25, 0.3) is 11.8 Å². The summed E-state index contributed by atoms with van der Waals surface area (Å²) in [5.74, 6) is -3.50. The number of nitrogens with one attached hydrogen (secondary N) is 3. The van der Waals surface area contributed by atoms with E-state index in [1.54, 1.807) is 19.1 Å². The largest absolute Gasteiger partial charge is 0.456 e. The summed E-state index contributed by atoms with van der Waals surface area (Å²) in [4.78, 5) is 66.0. The van der Waals surface area contributed by atoms with E-state index in [9.17, 15) is 28.4 Å². The first kappa shape index (κ1) is 29.4. The van der Waals surface area contributed by atoms with Crippen molar-refractivity contribution in [2.45, 2.75) is 52.3 Å². The molecular weight excluding hydrogens is 503 g/mol. The zero-order chi connectivity index (χ0) is 27.4. The maximum absolute atomic E-state index is 14.3. The van der Waals surface area contributed by atoms with Crippen LogP contribution in [0, 0.1) is 5.82 Å². The number of fused-ring (bicyclic) bond motifs is 2. The van der Waals surface area contributed by atoms with Crippen LogP contribution in [-0.4, -0.2) is 51.7 Å². The van der Waals surface area contributed by atoms with Gasteiger partial charge in [-0.3, -0.25) is 19.2 Å². The predicted molar refractivity (Wildman–Crippen MR) is 135 cm³/mol. The molecule has 2 atom stereocenters. The number of aromatic nitrogens is 1. The minimum Gasteiger partial charge on any atom is -0.456 e. The number of hydrogen-bond acceptors (Lipinski definition) is 8. The van der Waals surface area contributed by atoms with Gasteiger partial charge in [-0.2, -0.15) is 0 Å². The third kappa shape index (κ3) is 9.64. The van der Waals surface area contributed by atoms with Gasteiger partial charge >= 0.3 is 5.97 Å². The van der Waals surface area contributed by atoms with Gasteiger partial charge < -0.3 is 20.7 Å². The van der Waals surface area contributed by atoms with Gasteiger partial charge in [0.2, 0.25) is 5.91 Å². The fraction of sp³-hybridized carbons (Fsp3) is 0.360. The summed E-state index contributed by atoms with van der Waals surface area (Å²) in [5.41, 5.74) is -0.574. The fourth-order valence-corrected chi connectivity index (χ4v) is 3.65. The van der Waals surface area contributed by atoms with Gasteiger partial charge in [-0.1, -0.05) is 36.1 Å².